The molecule has 3 N–H and O–H groups in total. The first-order valence-corrected chi connectivity index (χ1v) is 10.7. The maximum atomic E-state index is 11.4. The van der Waals surface area contributed by atoms with Crippen molar-refractivity contribution in [1.82, 2.24) is 0 Å². The summed E-state index contributed by atoms with van der Waals surface area (Å²) in [5.41, 5.74) is 3.22. The van der Waals surface area contributed by atoms with Gasteiger partial charge in [-0.05, 0) is 36.1 Å². The van der Waals surface area contributed by atoms with Gasteiger partial charge < -0.3 is 34.3 Å². The number of aliphatic hydroxyl groups is 3. The molecule has 32 heavy (non-hydrogen) atoms. The van der Waals surface area contributed by atoms with Gasteiger partial charge in [-0.3, -0.25) is 0 Å². The number of carbonyl (C=O) groups is 1. The number of benzene rings is 2. The van der Waals surface area contributed by atoms with Crippen LogP contribution in [0.2, 0.25) is 0 Å². The lowest BCUT2D eigenvalue weighted by Gasteiger charge is -2.40. The molecule has 0 aliphatic carbocycles. The molecule has 5 atom stereocenters. The third kappa shape index (κ3) is 5.98. The van der Waals surface area contributed by atoms with Crippen LogP contribution in [0.4, 0.5) is 4.79 Å². The molecule has 0 aromatic heterocycles. The van der Waals surface area contributed by atoms with E-state index in [0.29, 0.717) is 12.2 Å². The molecule has 1 saturated heterocycles. The van der Waals surface area contributed by atoms with Gasteiger partial charge in [0.25, 0.3) is 0 Å². The van der Waals surface area contributed by atoms with E-state index in [0.717, 1.165) is 17.5 Å². The van der Waals surface area contributed by atoms with Gasteiger partial charge >= 0.3 is 6.16 Å². The van der Waals surface area contributed by atoms with E-state index >= 15 is 0 Å². The lowest BCUT2D eigenvalue weighted by atomic mass is 9.99. The van der Waals surface area contributed by atoms with Gasteiger partial charge in [-0.15, -0.1) is 0 Å². The van der Waals surface area contributed by atoms with Crippen LogP contribution in [0.3, 0.4) is 0 Å². The molecule has 0 amide bonds. The second-order valence-electron chi connectivity index (χ2n) is 7.58. The van der Waals surface area contributed by atoms with Crippen molar-refractivity contribution in [3.05, 3.63) is 65.2 Å². The topological polar surface area (TPSA) is 115 Å². The molecule has 174 valence electrons. The first-order valence-electron chi connectivity index (χ1n) is 10.7. The van der Waals surface area contributed by atoms with E-state index in [4.69, 9.17) is 14.2 Å². The first-order chi connectivity index (χ1) is 15.4. The number of para-hydroxylation sites is 1. The van der Waals surface area contributed by atoms with E-state index in [9.17, 15) is 20.1 Å². The zero-order valence-corrected chi connectivity index (χ0v) is 18.2. The third-order valence-electron chi connectivity index (χ3n) is 5.34. The van der Waals surface area contributed by atoms with E-state index in [2.05, 4.69) is 35.9 Å². The minimum absolute atomic E-state index is 0.137. The van der Waals surface area contributed by atoms with Gasteiger partial charge in [0.2, 0.25) is 6.29 Å². The van der Waals surface area contributed by atoms with Crippen molar-refractivity contribution in [2.75, 3.05) is 13.2 Å². The zero-order valence-electron chi connectivity index (χ0n) is 18.2. The summed E-state index contributed by atoms with van der Waals surface area (Å²) in [7, 11) is 0. The summed E-state index contributed by atoms with van der Waals surface area (Å²) in [6.07, 6.45) is -6.23. The molecule has 1 fully saturated rings. The Kier molecular flexibility index (Phi) is 8.46. The fraction of sp³-hybridized carbons (Fsp3) is 0.458. The van der Waals surface area contributed by atoms with Gasteiger partial charge in [0.15, 0.2) is 0 Å². The van der Waals surface area contributed by atoms with Crippen molar-refractivity contribution in [1.29, 1.82) is 0 Å². The summed E-state index contributed by atoms with van der Waals surface area (Å²) in [5.74, 6) is 0.477. The lowest BCUT2D eigenvalue weighted by molar-refractivity contribution is -0.278. The van der Waals surface area contributed by atoms with Crippen LogP contribution in [0.15, 0.2) is 48.5 Å². The van der Waals surface area contributed by atoms with Crippen LogP contribution in [0, 0.1) is 0 Å². The number of aliphatic hydroxyl groups excluding tert-OH is 3. The molecule has 1 heterocycles. The molecule has 8 nitrogen and oxygen atoms in total. The number of carbonyl (C=O) groups excluding carboxylic acids is 1. The average molecular weight is 446 g/mol. The van der Waals surface area contributed by atoms with Gasteiger partial charge in [-0.2, -0.15) is 0 Å². The predicted octanol–water partition coefficient (Wildman–Crippen LogP) is 2.20. The Morgan fingerprint density at radius 1 is 0.906 bits per heavy atom. The van der Waals surface area contributed by atoms with Gasteiger partial charge in [0.05, 0.1) is 6.61 Å². The summed E-state index contributed by atoms with van der Waals surface area (Å²) >= 11 is 0. The first kappa shape index (κ1) is 24.0. The van der Waals surface area contributed by atoms with E-state index in [1.165, 1.54) is 5.56 Å². The standard InChI is InChI=1S/C24H30O8/c1-3-15-9-11-16(12-10-15)13-17-7-5-6-8-18(17)31-23-22(27)21(26)20(25)19(32-23)14-30-24(28)29-4-2/h5-12,19-23,25-27H,3-4,13-14H2,1-2H3. The highest BCUT2D eigenvalue weighted by molar-refractivity contribution is 5.59. The monoisotopic (exact) mass is 446 g/mol. The van der Waals surface area contributed by atoms with E-state index in [-0.39, 0.29) is 13.2 Å². The van der Waals surface area contributed by atoms with Crippen molar-refractivity contribution in [3.63, 3.8) is 0 Å². The molecule has 2 aromatic carbocycles. The number of hydrogen-bond donors (Lipinski definition) is 3. The second kappa shape index (κ2) is 11.3. The van der Waals surface area contributed by atoms with Crippen molar-refractivity contribution in [2.45, 2.75) is 57.4 Å². The Balaban J connectivity index is 1.71. The number of ether oxygens (including phenoxy) is 4. The number of hydrogen-bond acceptors (Lipinski definition) is 8. The molecule has 1 aliphatic heterocycles. The Morgan fingerprint density at radius 3 is 2.28 bits per heavy atom. The summed E-state index contributed by atoms with van der Waals surface area (Å²) in [6.45, 7) is 3.50. The SMILES string of the molecule is CCOC(=O)OCC1OC(Oc2ccccc2Cc2ccc(CC)cc2)C(O)C(O)C1O. The Bertz CT molecular complexity index is 869. The van der Waals surface area contributed by atoms with Gasteiger partial charge in [-0.25, -0.2) is 4.79 Å². The Morgan fingerprint density at radius 2 is 1.59 bits per heavy atom. The maximum absolute atomic E-state index is 11.4. The van der Waals surface area contributed by atoms with Crippen LogP contribution in [0.1, 0.15) is 30.5 Å². The van der Waals surface area contributed by atoms with E-state index < -0.39 is 36.9 Å². The lowest BCUT2D eigenvalue weighted by Crippen LogP contribution is -2.60. The minimum Gasteiger partial charge on any atom is -0.462 e. The van der Waals surface area contributed by atoms with Crippen LogP contribution in [-0.2, 0) is 27.1 Å². The molecule has 0 spiro atoms. The molecule has 0 radical (unpaired) electrons. The molecule has 0 saturated carbocycles. The summed E-state index contributed by atoms with van der Waals surface area (Å²) in [6, 6.07) is 15.6. The van der Waals surface area contributed by atoms with Crippen molar-refractivity contribution in [2.24, 2.45) is 0 Å². The largest absolute Gasteiger partial charge is 0.508 e. The Labute approximate surface area is 187 Å². The second-order valence-corrected chi connectivity index (χ2v) is 7.58. The highest BCUT2D eigenvalue weighted by atomic mass is 16.7. The molecule has 3 rings (SSSR count). The minimum atomic E-state index is -1.54. The predicted molar refractivity (Wildman–Crippen MR) is 115 cm³/mol. The third-order valence-corrected chi connectivity index (χ3v) is 5.34. The highest BCUT2D eigenvalue weighted by Crippen LogP contribution is 2.28. The van der Waals surface area contributed by atoms with Gasteiger partial charge in [-0.1, -0.05) is 49.4 Å². The molecular formula is C24H30O8. The van der Waals surface area contributed by atoms with Crippen LogP contribution in [-0.4, -0.2) is 65.4 Å². The quantitative estimate of drug-likeness (QED) is 0.529. The van der Waals surface area contributed by atoms with Crippen molar-refractivity contribution >= 4 is 6.16 Å². The smallest absolute Gasteiger partial charge is 0.462 e. The number of rotatable bonds is 8. The fourth-order valence-electron chi connectivity index (χ4n) is 3.46. The molecule has 1 aliphatic rings. The van der Waals surface area contributed by atoms with Crippen molar-refractivity contribution in [3.8, 4) is 5.75 Å². The fourth-order valence-corrected chi connectivity index (χ4v) is 3.46. The molecule has 8 heteroatoms. The van der Waals surface area contributed by atoms with Crippen LogP contribution >= 0.6 is 0 Å². The van der Waals surface area contributed by atoms with E-state index in [1.54, 1.807) is 19.1 Å². The molecular weight excluding hydrogens is 416 g/mol. The summed E-state index contributed by atoms with van der Waals surface area (Å²) in [5, 5.41) is 30.9. The van der Waals surface area contributed by atoms with Crippen LogP contribution in [0.25, 0.3) is 0 Å². The van der Waals surface area contributed by atoms with Crippen LogP contribution < -0.4 is 4.74 Å². The van der Waals surface area contributed by atoms with E-state index in [1.807, 2.05) is 12.1 Å². The summed E-state index contributed by atoms with van der Waals surface area (Å²) in [4.78, 5) is 11.4. The number of aryl methyl sites for hydroxylation is 1. The van der Waals surface area contributed by atoms with Gasteiger partial charge in [0.1, 0.15) is 36.8 Å². The van der Waals surface area contributed by atoms with Crippen LogP contribution in [0.5, 0.6) is 5.75 Å². The zero-order chi connectivity index (χ0) is 23.1. The highest BCUT2D eigenvalue weighted by Gasteiger charge is 2.45. The molecule has 5 unspecified atom stereocenters. The average Bonchev–Trinajstić information content (AvgIpc) is 2.80. The normalized spacial score (nSPS) is 25.2. The van der Waals surface area contributed by atoms with Gasteiger partial charge in [0, 0.05) is 6.42 Å². The maximum Gasteiger partial charge on any atom is 0.508 e. The summed E-state index contributed by atoms with van der Waals surface area (Å²) < 4.78 is 21.1. The molecule has 0 bridgehead atoms. The molecule has 2 aromatic rings. The Hall–Kier alpha value is -2.65. The van der Waals surface area contributed by atoms with Crippen molar-refractivity contribution < 1.29 is 39.1 Å².